The number of methoxy groups -OCH3 is 1. The molecule has 2 aliphatic rings. The van der Waals surface area contributed by atoms with E-state index < -0.39 is 0 Å². The van der Waals surface area contributed by atoms with Crippen LogP contribution in [-0.2, 0) is 12.0 Å². The Hall–Kier alpha value is -4.86. The fraction of sp³-hybridized carbons (Fsp3) is 0.333. The summed E-state index contributed by atoms with van der Waals surface area (Å²) in [6.45, 7) is 6.85. The zero-order chi connectivity index (χ0) is 29.7. The largest absolute Gasteiger partial charge is 0.497 e. The van der Waals surface area contributed by atoms with E-state index >= 15 is 0 Å². The van der Waals surface area contributed by atoms with E-state index in [1.54, 1.807) is 7.11 Å². The normalized spacial score (nSPS) is 16.8. The number of aromatic amines is 2. The average molecular weight is 578 g/mol. The van der Waals surface area contributed by atoms with Crippen LogP contribution >= 0.6 is 0 Å². The Morgan fingerprint density at radius 3 is 2.70 bits per heavy atom. The van der Waals surface area contributed by atoms with E-state index in [1.807, 2.05) is 76.5 Å². The first-order valence-electron chi connectivity index (χ1n) is 14.7. The Balaban J connectivity index is 1.13. The zero-order valence-corrected chi connectivity index (χ0v) is 24.6. The van der Waals surface area contributed by atoms with Gasteiger partial charge in [0.05, 0.1) is 30.1 Å². The van der Waals surface area contributed by atoms with Gasteiger partial charge >= 0.3 is 5.69 Å². The van der Waals surface area contributed by atoms with Crippen LogP contribution in [-0.4, -0.2) is 62.3 Å². The zero-order valence-electron chi connectivity index (χ0n) is 24.6. The molecule has 0 atom stereocenters. The van der Waals surface area contributed by atoms with Gasteiger partial charge in [0.1, 0.15) is 11.6 Å². The fourth-order valence-electron chi connectivity index (χ4n) is 6.64. The molecule has 1 amide bonds. The van der Waals surface area contributed by atoms with Crippen molar-refractivity contribution >= 4 is 22.6 Å². The van der Waals surface area contributed by atoms with Crippen molar-refractivity contribution < 1.29 is 9.53 Å². The summed E-state index contributed by atoms with van der Waals surface area (Å²) in [5, 5.41) is 8.22. The second-order valence-corrected chi connectivity index (χ2v) is 12.2. The molecule has 0 bridgehead atoms. The second kappa shape index (κ2) is 10.4. The smallest absolute Gasteiger partial charge is 0.326 e. The molecule has 0 unspecified atom stereocenters. The number of amides is 1. The van der Waals surface area contributed by atoms with Crippen LogP contribution in [0.4, 0.5) is 5.82 Å². The molecular weight excluding hydrogens is 542 g/mol. The van der Waals surface area contributed by atoms with Crippen molar-refractivity contribution in [2.45, 2.75) is 44.7 Å². The number of nitrogens with one attached hydrogen (secondary N) is 2. The van der Waals surface area contributed by atoms with E-state index in [0.717, 1.165) is 70.9 Å². The van der Waals surface area contributed by atoms with Crippen LogP contribution in [0.15, 0.2) is 71.8 Å². The van der Waals surface area contributed by atoms with Crippen molar-refractivity contribution in [2.75, 3.05) is 31.6 Å². The first kappa shape index (κ1) is 27.0. The quantitative estimate of drug-likeness (QED) is 0.307. The topological polar surface area (TPSA) is 112 Å². The van der Waals surface area contributed by atoms with Gasteiger partial charge in [0.15, 0.2) is 0 Å². The summed E-state index contributed by atoms with van der Waals surface area (Å²) in [6.07, 6.45) is 5.31. The van der Waals surface area contributed by atoms with Crippen LogP contribution in [0.2, 0.25) is 0 Å². The molecule has 10 nitrogen and oxygen atoms in total. The van der Waals surface area contributed by atoms with Crippen molar-refractivity contribution in [2.24, 2.45) is 0 Å². The number of imidazole rings is 1. The van der Waals surface area contributed by atoms with Gasteiger partial charge in [-0.3, -0.25) is 14.5 Å². The van der Waals surface area contributed by atoms with Crippen LogP contribution in [0.3, 0.4) is 0 Å². The Morgan fingerprint density at radius 2 is 1.88 bits per heavy atom. The number of para-hydroxylation sites is 1. The highest BCUT2D eigenvalue weighted by atomic mass is 16.5. The highest BCUT2D eigenvalue weighted by molar-refractivity contribution is 6.07. The SMILES string of the molecule is COc1cccc(-c2cn(C3CCN(c4cc(C(=O)N5Cc6cn[nH]c6C(C)(C)C5)c5ccccc5n4)CC3)c(=O)[nH]2)c1. The number of piperidine rings is 1. The predicted octanol–water partition coefficient (Wildman–Crippen LogP) is 4.90. The summed E-state index contributed by atoms with van der Waals surface area (Å²) in [6, 6.07) is 17.6. The molecule has 0 aliphatic carbocycles. The molecule has 220 valence electrons. The number of carbonyl (C=O) groups is 1. The van der Waals surface area contributed by atoms with Gasteiger partial charge in [-0.1, -0.05) is 44.2 Å². The van der Waals surface area contributed by atoms with E-state index in [0.29, 0.717) is 18.7 Å². The average Bonchev–Trinajstić information content (AvgIpc) is 3.67. The lowest BCUT2D eigenvalue weighted by Gasteiger charge is -2.38. The lowest BCUT2D eigenvalue weighted by molar-refractivity contribution is 0.0686. The lowest BCUT2D eigenvalue weighted by atomic mass is 9.83. The van der Waals surface area contributed by atoms with Crippen LogP contribution in [0, 0.1) is 0 Å². The van der Waals surface area contributed by atoms with Crippen molar-refractivity contribution in [3.8, 4) is 17.0 Å². The van der Waals surface area contributed by atoms with Gasteiger partial charge in [-0.2, -0.15) is 5.10 Å². The number of anilines is 1. The van der Waals surface area contributed by atoms with Crippen LogP contribution in [0.1, 0.15) is 54.3 Å². The molecule has 5 aromatic rings. The first-order valence-corrected chi connectivity index (χ1v) is 14.7. The maximum absolute atomic E-state index is 14.1. The van der Waals surface area contributed by atoms with Crippen LogP contribution < -0.4 is 15.3 Å². The third kappa shape index (κ3) is 4.86. The molecule has 43 heavy (non-hydrogen) atoms. The van der Waals surface area contributed by atoms with Gasteiger partial charge in [0.25, 0.3) is 5.91 Å². The molecule has 2 aromatic carbocycles. The Morgan fingerprint density at radius 1 is 1.07 bits per heavy atom. The van der Waals surface area contributed by atoms with Crippen molar-refractivity contribution in [1.82, 2.24) is 29.6 Å². The number of fused-ring (bicyclic) bond motifs is 2. The maximum atomic E-state index is 14.1. The number of benzene rings is 2. The Kier molecular flexibility index (Phi) is 6.56. The number of hydrogen-bond donors (Lipinski definition) is 2. The summed E-state index contributed by atoms with van der Waals surface area (Å²) < 4.78 is 7.17. The Labute approximate surface area is 249 Å². The van der Waals surface area contributed by atoms with E-state index in [4.69, 9.17) is 9.72 Å². The summed E-state index contributed by atoms with van der Waals surface area (Å²) in [5.74, 6) is 1.54. The van der Waals surface area contributed by atoms with E-state index in [1.165, 1.54) is 0 Å². The molecule has 7 rings (SSSR count). The predicted molar refractivity (Wildman–Crippen MR) is 166 cm³/mol. The lowest BCUT2D eigenvalue weighted by Crippen LogP contribution is -2.45. The number of H-pyrrole nitrogens is 2. The molecule has 2 N–H and O–H groups in total. The molecule has 2 aliphatic heterocycles. The summed E-state index contributed by atoms with van der Waals surface area (Å²) in [4.78, 5) is 39.2. The minimum absolute atomic E-state index is 0.00129. The number of ether oxygens (including phenoxy) is 1. The molecule has 10 heteroatoms. The third-order valence-corrected chi connectivity index (χ3v) is 8.87. The molecule has 0 spiro atoms. The van der Waals surface area contributed by atoms with Gasteiger partial charge in [-0.15, -0.1) is 0 Å². The number of carbonyl (C=O) groups excluding carboxylic acids is 1. The number of hydrogen-bond acceptors (Lipinski definition) is 6. The fourth-order valence-corrected chi connectivity index (χ4v) is 6.64. The number of pyridine rings is 1. The van der Waals surface area contributed by atoms with Crippen molar-refractivity contribution in [1.29, 1.82) is 0 Å². The standard InChI is InChI=1S/C33H35N7O3/c1-33(2)20-39(18-22-17-34-37-30(22)33)31(41)26-16-29(35-27-10-5-4-9-25(26)27)38-13-11-23(12-14-38)40-19-28(36-32(40)42)21-7-6-8-24(15-21)43-3/h4-10,15-17,19,23H,11-14,18,20H2,1-3H3,(H,34,37)(H,36,42). The van der Waals surface area contributed by atoms with E-state index in [9.17, 15) is 9.59 Å². The molecule has 0 saturated carbocycles. The van der Waals surface area contributed by atoms with Gasteiger partial charge in [0.2, 0.25) is 0 Å². The monoisotopic (exact) mass is 577 g/mol. The summed E-state index contributed by atoms with van der Waals surface area (Å²) in [7, 11) is 1.63. The highest BCUT2D eigenvalue weighted by Gasteiger charge is 2.36. The maximum Gasteiger partial charge on any atom is 0.326 e. The van der Waals surface area contributed by atoms with Gasteiger partial charge in [-0.05, 0) is 37.1 Å². The van der Waals surface area contributed by atoms with Gasteiger partial charge in [0, 0.05) is 66.0 Å². The van der Waals surface area contributed by atoms with Crippen molar-refractivity contribution in [3.63, 3.8) is 0 Å². The number of rotatable bonds is 5. The molecule has 3 aromatic heterocycles. The van der Waals surface area contributed by atoms with Crippen LogP contribution in [0.25, 0.3) is 22.2 Å². The van der Waals surface area contributed by atoms with Crippen LogP contribution in [0.5, 0.6) is 5.75 Å². The molecular formula is C33H35N7O3. The molecule has 1 fully saturated rings. The van der Waals surface area contributed by atoms with E-state index in [2.05, 4.69) is 33.9 Å². The van der Waals surface area contributed by atoms with Crippen molar-refractivity contribution in [3.05, 3.63) is 94.3 Å². The molecule has 0 radical (unpaired) electrons. The second-order valence-electron chi connectivity index (χ2n) is 12.2. The molecule has 1 saturated heterocycles. The number of aromatic nitrogens is 5. The van der Waals surface area contributed by atoms with Gasteiger partial charge in [-0.25, -0.2) is 9.78 Å². The minimum atomic E-state index is -0.226. The summed E-state index contributed by atoms with van der Waals surface area (Å²) >= 11 is 0. The minimum Gasteiger partial charge on any atom is -0.497 e. The highest BCUT2D eigenvalue weighted by Crippen LogP contribution is 2.34. The molecule has 5 heterocycles. The van der Waals surface area contributed by atoms with E-state index in [-0.39, 0.29) is 23.1 Å². The summed E-state index contributed by atoms with van der Waals surface area (Å²) in [5.41, 5.74) is 4.96. The third-order valence-electron chi connectivity index (χ3n) is 8.87. The van der Waals surface area contributed by atoms with Gasteiger partial charge < -0.3 is 19.5 Å². The first-order chi connectivity index (χ1) is 20.8. The number of nitrogens with zero attached hydrogens (tertiary/aromatic N) is 5. The Bertz CT molecular complexity index is 1880.